The number of esters is 1. The number of piperidine rings is 1. The molecule has 8 heteroatoms. The minimum atomic E-state index is -0.633. The van der Waals surface area contributed by atoms with E-state index in [4.69, 9.17) is 23.2 Å². The Bertz CT molecular complexity index is 913. The van der Waals surface area contributed by atoms with Crippen molar-refractivity contribution in [3.63, 3.8) is 0 Å². The van der Waals surface area contributed by atoms with Crippen molar-refractivity contribution in [3.8, 4) is 0 Å². The fraction of sp³-hybridized carbons (Fsp3) is 0.300. The quantitative estimate of drug-likeness (QED) is 0.641. The average Bonchev–Trinajstić information content (AvgIpc) is 2.65. The number of rotatable bonds is 4. The van der Waals surface area contributed by atoms with Gasteiger partial charge >= 0.3 is 5.97 Å². The van der Waals surface area contributed by atoms with E-state index in [1.807, 2.05) is 0 Å². The molecule has 148 valence electrons. The van der Waals surface area contributed by atoms with Crippen LogP contribution in [0.4, 0.5) is 14.5 Å². The number of halogens is 4. The first-order chi connectivity index (χ1) is 13.3. The Hall–Kier alpha value is -2.18. The first-order valence-electron chi connectivity index (χ1n) is 8.61. The van der Waals surface area contributed by atoms with E-state index in [0.29, 0.717) is 24.1 Å². The summed E-state index contributed by atoms with van der Waals surface area (Å²) in [4.78, 5) is 25.6. The molecule has 1 saturated heterocycles. The Morgan fingerprint density at radius 1 is 1.21 bits per heavy atom. The van der Waals surface area contributed by atoms with Gasteiger partial charge in [0.15, 0.2) is 0 Å². The summed E-state index contributed by atoms with van der Waals surface area (Å²) in [5.41, 5.74) is 0.875. The molecule has 28 heavy (non-hydrogen) atoms. The summed E-state index contributed by atoms with van der Waals surface area (Å²) >= 11 is 12.6. The Labute approximate surface area is 171 Å². The fourth-order valence-electron chi connectivity index (χ4n) is 3.35. The summed E-state index contributed by atoms with van der Waals surface area (Å²) in [6.45, 7) is 0.284. The Morgan fingerprint density at radius 3 is 2.50 bits per heavy atom. The van der Waals surface area contributed by atoms with Crippen molar-refractivity contribution in [2.45, 2.75) is 19.3 Å². The van der Waals surface area contributed by atoms with Crippen LogP contribution in [0.15, 0.2) is 30.3 Å². The Kier molecular flexibility index (Phi) is 6.20. The lowest BCUT2D eigenvalue weighted by Gasteiger charge is -2.34. The standard InChI is InChI=1S/C20H17Cl2F2NO3/c1-28-20(27)13-7-15(21)19(16(22)8-13)25-10-11(2-5-18(25)26)6-12-3-4-14(23)9-17(12)24/h3-4,7-9,11H,2,5-6,10H2,1H3. The van der Waals surface area contributed by atoms with E-state index in [1.165, 1.54) is 36.3 Å². The molecule has 0 saturated carbocycles. The van der Waals surface area contributed by atoms with E-state index in [-0.39, 0.29) is 40.4 Å². The van der Waals surface area contributed by atoms with Crippen LogP contribution in [-0.2, 0) is 16.0 Å². The van der Waals surface area contributed by atoms with E-state index < -0.39 is 17.6 Å². The molecule has 2 aromatic carbocycles. The molecule has 1 amide bonds. The topological polar surface area (TPSA) is 46.6 Å². The van der Waals surface area contributed by atoms with Gasteiger partial charge in [0.1, 0.15) is 11.6 Å². The number of nitrogens with zero attached hydrogens (tertiary/aromatic N) is 1. The lowest BCUT2D eigenvalue weighted by molar-refractivity contribution is -0.120. The highest BCUT2D eigenvalue weighted by Gasteiger charge is 2.30. The summed E-state index contributed by atoms with van der Waals surface area (Å²) in [6.07, 6.45) is 1.17. The first kappa shape index (κ1) is 20.6. The number of hydrogen-bond acceptors (Lipinski definition) is 3. The SMILES string of the molecule is COC(=O)c1cc(Cl)c(N2CC(Cc3ccc(F)cc3F)CCC2=O)c(Cl)c1. The zero-order valence-electron chi connectivity index (χ0n) is 15.0. The highest BCUT2D eigenvalue weighted by Crippen LogP contribution is 2.38. The Balaban J connectivity index is 1.85. The van der Waals surface area contributed by atoms with Gasteiger partial charge in [-0.1, -0.05) is 29.3 Å². The van der Waals surface area contributed by atoms with Gasteiger partial charge < -0.3 is 9.64 Å². The van der Waals surface area contributed by atoms with Crippen molar-refractivity contribution in [1.29, 1.82) is 0 Å². The number of carbonyl (C=O) groups excluding carboxylic acids is 2. The molecule has 0 bridgehead atoms. The summed E-state index contributed by atoms with van der Waals surface area (Å²) in [7, 11) is 1.24. The number of amides is 1. The van der Waals surface area contributed by atoms with Crippen LogP contribution in [0, 0.1) is 17.6 Å². The predicted octanol–water partition coefficient (Wildman–Crippen LogP) is 5.04. The van der Waals surface area contributed by atoms with Crippen molar-refractivity contribution >= 4 is 40.8 Å². The smallest absolute Gasteiger partial charge is 0.337 e. The molecule has 0 aliphatic carbocycles. The Morgan fingerprint density at radius 2 is 1.89 bits per heavy atom. The van der Waals surface area contributed by atoms with Crippen LogP contribution in [0.25, 0.3) is 0 Å². The molecule has 0 N–H and O–H groups in total. The molecular formula is C20H17Cl2F2NO3. The van der Waals surface area contributed by atoms with Crippen LogP contribution in [-0.4, -0.2) is 25.5 Å². The van der Waals surface area contributed by atoms with E-state index in [1.54, 1.807) is 0 Å². The molecular weight excluding hydrogens is 411 g/mol. The lowest BCUT2D eigenvalue weighted by atomic mass is 9.90. The highest BCUT2D eigenvalue weighted by molar-refractivity contribution is 6.40. The first-order valence-corrected chi connectivity index (χ1v) is 9.37. The molecule has 1 fully saturated rings. The summed E-state index contributed by atoms with van der Waals surface area (Å²) < 4.78 is 31.7. The van der Waals surface area contributed by atoms with Crippen molar-refractivity contribution in [3.05, 3.63) is 63.1 Å². The average molecular weight is 428 g/mol. The van der Waals surface area contributed by atoms with Gasteiger partial charge in [-0.25, -0.2) is 13.6 Å². The minimum absolute atomic E-state index is 0.0509. The highest BCUT2D eigenvalue weighted by atomic mass is 35.5. The van der Waals surface area contributed by atoms with Gasteiger partial charge in [-0.3, -0.25) is 4.79 Å². The molecule has 1 unspecified atom stereocenters. The number of ether oxygens (including phenoxy) is 1. The molecule has 4 nitrogen and oxygen atoms in total. The number of benzene rings is 2. The monoisotopic (exact) mass is 427 g/mol. The molecule has 0 aromatic heterocycles. The van der Waals surface area contributed by atoms with Gasteiger partial charge in [0.05, 0.1) is 28.4 Å². The van der Waals surface area contributed by atoms with Crippen molar-refractivity contribution in [2.24, 2.45) is 5.92 Å². The van der Waals surface area contributed by atoms with E-state index >= 15 is 0 Å². The zero-order valence-corrected chi connectivity index (χ0v) is 16.5. The zero-order chi connectivity index (χ0) is 20.4. The predicted molar refractivity (Wildman–Crippen MR) is 103 cm³/mol. The van der Waals surface area contributed by atoms with Crippen molar-refractivity contribution < 1.29 is 23.1 Å². The van der Waals surface area contributed by atoms with Crippen LogP contribution in [0.3, 0.4) is 0 Å². The number of hydrogen-bond donors (Lipinski definition) is 0. The van der Waals surface area contributed by atoms with Crippen LogP contribution in [0.2, 0.25) is 10.0 Å². The van der Waals surface area contributed by atoms with Gasteiger partial charge in [0, 0.05) is 19.0 Å². The van der Waals surface area contributed by atoms with Gasteiger partial charge in [0.25, 0.3) is 0 Å². The number of methoxy groups -OCH3 is 1. The van der Waals surface area contributed by atoms with Crippen LogP contribution in [0.5, 0.6) is 0 Å². The second kappa shape index (κ2) is 8.45. The number of anilines is 1. The van der Waals surface area contributed by atoms with Crippen molar-refractivity contribution in [1.82, 2.24) is 0 Å². The molecule has 2 aromatic rings. The second-order valence-corrected chi connectivity index (χ2v) is 7.44. The van der Waals surface area contributed by atoms with Gasteiger partial charge in [-0.05, 0) is 42.5 Å². The van der Waals surface area contributed by atoms with E-state index in [2.05, 4.69) is 4.74 Å². The maximum absolute atomic E-state index is 14.0. The second-order valence-electron chi connectivity index (χ2n) is 6.63. The minimum Gasteiger partial charge on any atom is -0.465 e. The molecule has 1 heterocycles. The molecule has 3 rings (SSSR count). The van der Waals surface area contributed by atoms with Crippen LogP contribution < -0.4 is 4.90 Å². The third kappa shape index (κ3) is 4.28. The molecule has 0 radical (unpaired) electrons. The molecule has 1 aliphatic heterocycles. The molecule has 1 atom stereocenters. The van der Waals surface area contributed by atoms with Gasteiger partial charge in [-0.15, -0.1) is 0 Å². The van der Waals surface area contributed by atoms with Crippen molar-refractivity contribution in [2.75, 3.05) is 18.6 Å². The molecule has 1 aliphatic rings. The fourth-order valence-corrected chi connectivity index (χ4v) is 4.04. The van der Waals surface area contributed by atoms with E-state index in [0.717, 1.165) is 6.07 Å². The maximum Gasteiger partial charge on any atom is 0.337 e. The lowest BCUT2D eigenvalue weighted by Crippen LogP contribution is -2.41. The summed E-state index contributed by atoms with van der Waals surface area (Å²) in [6, 6.07) is 6.26. The third-order valence-electron chi connectivity index (χ3n) is 4.74. The number of carbonyl (C=O) groups is 2. The molecule has 0 spiro atoms. The van der Waals surface area contributed by atoms with Crippen LogP contribution >= 0.6 is 23.2 Å². The van der Waals surface area contributed by atoms with E-state index in [9.17, 15) is 18.4 Å². The summed E-state index contributed by atoms with van der Waals surface area (Å²) in [5, 5.41) is 0.296. The van der Waals surface area contributed by atoms with Gasteiger partial charge in [0.2, 0.25) is 5.91 Å². The summed E-state index contributed by atoms with van der Waals surface area (Å²) in [5.74, 6) is -2.05. The normalized spacial score (nSPS) is 17.0. The largest absolute Gasteiger partial charge is 0.465 e. The third-order valence-corrected chi connectivity index (χ3v) is 5.32. The van der Waals surface area contributed by atoms with Crippen LogP contribution in [0.1, 0.15) is 28.8 Å². The van der Waals surface area contributed by atoms with Gasteiger partial charge in [-0.2, -0.15) is 0 Å². The maximum atomic E-state index is 14.0.